The average Bonchev–Trinajstić information content (AvgIpc) is 3.73. The number of amidine groups is 1. The van der Waals surface area contributed by atoms with Gasteiger partial charge in [0, 0.05) is 27.8 Å². The van der Waals surface area contributed by atoms with Crippen LogP contribution in [0.5, 0.6) is 0 Å². The van der Waals surface area contributed by atoms with Crippen LogP contribution in [0.4, 0.5) is 0 Å². The van der Waals surface area contributed by atoms with Crippen molar-refractivity contribution in [3.63, 3.8) is 0 Å². The minimum Gasteiger partial charge on any atom is -0.384 e. The number of ether oxygens (including phenoxy) is 2. The molecule has 2 saturated heterocycles. The van der Waals surface area contributed by atoms with Crippen molar-refractivity contribution in [1.29, 1.82) is 5.41 Å². The van der Waals surface area contributed by atoms with Crippen molar-refractivity contribution in [3.8, 4) is 11.1 Å². The Balaban J connectivity index is 1.25. The molecule has 0 saturated carbocycles. The predicted molar refractivity (Wildman–Crippen MR) is 156 cm³/mol. The molecule has 214 valence electrons. The van der Waals surface area contributed by atoms with Crippen LogP contribution < -0.4 is 16.4 Å². The number of rotatable bonds is 8. The first-order valence-corrected chi connectivity index (χ1v) is 14.3. The Labute approximate surface area is 242 Å². The molecule has 41 heavy (non-hydrogen) atoms. The molecule has 11 heteroatoms. The van der Waals surface area contributed by atoms with Gasteiger partial charge in [-0.05, 0) is 43.2 Å². The molecule has 2 atom stereocenters. The second kappa shape index (κ2) is 11.8. The molecule has 0 radical (unpaired) electrons. The van der Waals surface area contributed by atoms with E-state index in [1.54, 1.807) is 29.6 Å². The van der Waals surface area contributed by atoms with Crippen molar-refractivity contribution >= 4 is 34.9 Å². The smallest absolute Gasteiger partial charge is 0.251 e. The van der Waals surface area contributed by atoms with Crippen molar-refractivity contribution in [1.82, 2.24) is 15.5 Å². The summed E-state index contributed by atoms with van der Waals surface area (Å²) in [4.78, 5) is 42.0. The van der Waals surface area contributed by atoms with E-state index in [4.69, 9.17) is 20.6 Å². The van der Waals surface area contributed by atoms with Gasteiger partial charge in [-0.25, -0.2) is 0 Å². The molecule has 5 N–H and O–H groups in total. The summed E-state index contributed by atoms with van der Waals surface area (Å²) in [7, 11) is 0. The van der Waals surface area contributed by atoms with Gasteiger partial charge in [-0.1, -0.05) is 42.0 Å². The summed E-state index contributed by atoms with van der Waals surface area (Å²) >= 11 is 1.39. The lowest BCUT2D eigenvalue weighted by atomic mass is 10.0. The second-order valence-electron chi connectivity index (χ2n) is 10.4. The number of thiophene rings is 1. The van der Waals surface area contributed by atoms with E-state index >= 15 is 0 Å². The first-order valence-electron chi connectivity index (χ1n) is 13.4. The van der Waals surface area contributed by atoms with Crippen LogP contribution >= 0.6 is 11.3 Å². The third kappa shape index (κ3) is 6.32. The largest absolute Gasteiger partial charge is 0.384 e. The van der Waals surface area contributed by atoms with Crippen molar-refractivity contribution in [2.75, 3.05) is 26.3 Å². The fourth-order valence-electron chi connectivity index (χ4n) is 5.09. The number of amides is 3. The third-order valence-corrected chi connectivity index (χ3v) is 8.47. The van der Waals surface area contributed by atoms with E-state index in [1.807, 2.05) is 44.2 Å². The summed E-state index contributed by atoms with van der Waals surface area (Å²) in [5.41, 5.74) is 9.63. The molecule has 5 rings (SSSR count). The zero-order chi connectivity index (χ0) is 29.1. The summed E-state index contributed by atoms with van der Waals surface area (Å²) in [6.45, 7) is 4.41. The predicted octanol–water partition coefficient (Wildman–Crippen LogP) is 2.96. The van der Waals surface area contributed by atoms with Gasteiger partial charge < -0.3 is 30.7 Å². The minimum absolute atomic E-state index is 0.0417. The highest BCUT2D eigenvalue weighted by molar-refractivity contribution is 7.10. The monoisotopic (exact) mass is 575 g/mol. The average molecular weight is 576 g/mol. The van der Waals surface area contributed by atoms with E-state index < -0.39 is 17.7 Å². The van der Waals surface area contributed by atoms with Crippen molar-refractivity contribution < 1.29 is 23.9 Å². The number of hydrogen-bond donors (Lipinski definition) is 4. The molecule has 1 spiro atoms. The summed E-state index contributed by atoms with van der Waals surface area (Å²) in [6.07, 6.45) is 0.187. The Bertz CT molecular complexity index is 1460. The highest BCUT2D eigenvalue weighted by Gasteiger charge is 2.52. The van der Waals surface area contributed by atoms with E-state index in [1.165, 1.54) is 16.2 Å². The van der Waals surface area contributed by atoms with Crippen molar-refractivity contribution in [2.45, 2.75) is 38.1 Å². The number of nitrogen functional groups attached to an aromatic ring is 1. The molecule has 2 fully saturated rings. The molecule has 3 amide bonds. The van der Waals surface area contributed by atoms with Gasteiger partial charge in [-0.2, -0.15) is 0 Å². The lowest BCUT2D eigenvalue weighted by Gasteiger charge is -2.25. The first kappa shape index (κ1) is 28.5. The summed E-state index contributed by atoms with van der Waals surface area (Å²) in [5.74, 6) is -2.23. The maximum atomic E-state index is 13.4. The van der Waals surface area contributed by atoms with E-state index in [-0.39, 0.29) is 43.2 Å². The fourth-order valence-corrected chi connectivity index (χ4v) is 6.00. The molecular formula is C30H33N5O5S. The Morgan fingerprint density at radius 2 is 1.83 bits per heavy atom. The maximum absolute atomic E-state index is 13.4. The lowest BCUT2D eigenvalue weighted by Crippen LogP contribution is -2.49. The van der Waals surface area contributed by atoms with Crippen LogP contribution in [-0.2, 0) is 19.1 Å². The first-order chi connectivity index (χ1) is 19.6. The summed E-state index contributed by atoms with van der Waals surface area (Å²) in [6, 6.07) is 15.8. The number of carbonyl (C=O) groups is 3. The Morgan fingerprint density at radius 1 is 1.10 bits per heavy atom. The number of carbonyl (C=O) groups excluding carboxylic acids is 3. The molecule has 2 aliphatic heterocycles. The Morgan fingerprint density at radius 3 is 2.51 bits per heavy atom. The van der Waals surface area contributed by atoms with E-state index in [0.717, 1.165) is 21.6 Å². The van der Waals surface area contributed by atoms with Crippen LogP contribution in [0.3, 0.4) is 0 Å². The molecular weight excluding hydrogens is 542 g/mol. The van der Waals surface area contributed by atoms with Crippen LogP contribution in [0.25, 0.3) is 11.1 Å². The Hall–Kier alpha value is -4.06. The fraction of sp³-hybridized carbons (Fsp3) is 0.333. The number of nitrogens with zero attached hydrogens (tertiary/aromatic N) is 1. The zero-order valence-electron chi connectivity index (χ0n) is 22.9. The van der Waals surface area contributed by atoms with Crippen molar-refractivity contribution in [2.24, 2.45) is 5.73 Å². The topological polar surface area (TPSA) is 147 Å². The van der Waals surface area contributed by atoms with Gasteiger partial charge in [-0.3, -0.25) is 19.8 Å². The standard InChI is InChI=1S/C30H33N5O5S/c1-18-6-8-20(9-7-18)21-4-3-5-22(12-21)28(37)33-15-26(36)35-17-30(39-10-11-40-30)14-24(35)29(38)34-19(2)25-13-23(16-41-25)27(31)32/h3-9,12-13,16,19,24H,10-11,14-15,17H2,1-2H3,(H3,31,32)(H,33,37)(H,34,38)/t19-,24+/m1/s1. The van der Waals surface area contributed by atoms with E-state index in [0.29, 0.717) is 24.3 Å². The lowest BCUT2D eigenvalue weighted by molar-refractivity contribution is -0.152. The quantitative estimate of drug-likeness (QED) is 0.240. The molecule has 0 unspecified atom stereocenters. The normalized spacial score (nSPS) is 18.3. The third-order valence-electron chi connectivity index (χ3n) is 7.35. The van der Waals surface area contributed by atoms with Crippen molar-refractivity contribution in [3.05, 3.63) is 81.5 Å². The van der Waals surface area contributed by atoms with Gasteiger partial charge in [0.1, 0.15) is 11.9 Å². The van der Waals surface area contributed by atoms with Gasteiger partial charge in [0.15, 0.2) is 5.79 Å². The second-order valence-corrected chi connectivity index (χ2v) is 11.3. The molecule has 0 aliphatic carbocycles. The van der Waals surface area contributed by atoms with Crippen LogP contribution in [0, 0.1) is 12.3 Å². The summed E-state index contributed by atoms with van der Waals surface area (Å²) in [5, 5.41) is 15.0. The number of aryl methyl sites for hydroxylation is 1. The summed E-state index contributed by atoms with van der Waals surface area (Å²) < 4.78 is 11.6. The zero-order valence-corrected chi connectivity index (χ0v) is 23.8. The number of nitrogens with one attached hydrogen (secondary N) is 3. The molecule has 2 aliphatic rings. The van der Waals surface area contributed by atoms with Gasteiger partial charge >= 0.3 is 0 Å². The van der Waals surface area contributed by atoms with Gasteiger partial charge in [0.25, 0.3) is 5.91 Å². The molecule has 1 aromatic heterocycles. The highest BCUT2D eigenvalue weighted by atomic mass is 32.1. The number of likely N-dealkylation sites (tertiary alicyclic amines) is 1. The Kier molecular flexibility index (Phi) is 8.20. The highest BCUT2D eigenvalue weighted by Crippen LogP contribution is 2.35. The number of benzene rings is 2. The minimum atomic E-state index is -1.04. The van der Waals surface area contributed by atoms with Crippen LogP contribution in [0.2, 0.25) is 0 Å². The SMILES string of the molecule is Cc1ccc(-c2cccc(C(=O)NCC(=O)N3CC4(C[C@H]3C(=O)N[C@H](C)c3cc(C(=N)N)cs3)OCCO4)c2)cc1. The molecule has 3 aromatic rings. The van der Waals surface area contributed by atoms with Gasteiger partial charge in [-0.15, -0.1) is 11.3 Å². The van der Waals surface area contributed by atoms with E-state index in [2.05, 4.69) is 10.6 Å². The maximum Gasteiger partial charge on any atom is 0.251 e. The van der Waals surface area contributed by atoms with Crippen LogP contribution in [-0.4, -0.2) is 66.6 Å². The van der Waals surface area contributed by atoms with Gasteiger partial charge in [0.05, 0.1) is 32.3 Å². The number of hydrogen-bond acceptors (Lipinski definition) is 7. The number of nitrogens with two attached hydrogens (primary N) is 1. The van der Waals surface area contributed by atoms with Crippen LogP contribution in [0.1, 0.15) is 45.7 Å². The van der Waals surface area contributed by atoms with E-state index in [9.17, 15) is 14.4 Å². The van der Waals surface area contributed by atoms with Gasteiger partial charge in [0.2, 0.25) is 11.8 Å². The molecule has 3 heterocycles. The van der Waals surface area contributed by atoms with Crippen LogP contribution in [0.15, 0.2) is 60.0 Å². The molecule has 10 nitrogen and oxygen atoms in total. The molecule has 2 aromatic carbocycles. The molecule has 0 bridgehead atoms.